The lowest BCUT2D eigenvalue weighted by molar-refractivity contribution is 0.112. The minimum absolute atomic E-state index is 0.709. The van der Waals surface area contributed by atoms with E-state index in [9.17, 15) is 4.79 Å². The second kappa shape index (κ2) is 5.03. The number of aromatic amines is 1. The van der Waals surface area contributed by atoms with Crippen molar-refractivity contribution in [3.05, 3.63) is 41.6 Å². The van der Waals surface area contributed by atoms with Crippen molar-refractivity contribution >= 4 is 35.9 Å². The maximum Gasteiger partial charge on any atom is 0.152 e. The van der Waals surface area contributed by atoms with Gasteiger partial charge in [-0.15, -0.1) is 0 Å². The van der Waals surface area contributed by atoms with E-state index in [0.717, 1.165) is 34.9 Å². The van der Waals surface area contributed by atoms with Gasteiger partial charge < -0.3 is 4.98 Å². The van der Waals surface area contributed by atoms with Crippen molar-refractivity contribution in [2.24, 2.45) is 0 Å². The van der Waals surface area contributed by atoms with Gasteiger partial charge in [0.15, 0.2) is 6.29 Å². The zero-order chi connectivity index (χ0) is 11.4. The van der Waals surface area contributed by atoms with Gasteiger partial charge in [-0.1, -0.05) is 24.3 Å². The normalized spacial score (nSPS) is 11.3. The summed E-state index contributed by atoms with van der Waals surface area (Å²) in [7, 11) is 0. The van der Waals surface area contributed by atoms with Crippen molar-refractivity contribution in [1.29, 1.82) is 0 Å². The van der Waals surface area contributed by atoms with E-state index in [1.165, 1.54) is 0 Å². The first kappa shape index (κ1) is 11.0. The fourth-order valence-corrected chi connectivity index (χ4v) is 1.91. The van der Waals surface area contributed by atoms with Crippen LogP contribution in [0.15, 0.2) is 30.5 Å². The number of fused-ring (bicyclic) bond motifs is 1. The lowest BCUT2D eigenvalue weighted by Gasteiger charge is -1.97. The van der Waals surface area contributed by atoms with Crippen LogP contribution in [0.25, 0.3) is 17.0 Å². The Labute approximate surface area is 99.8 Å². The lowest BCUT2D eigenvalue weighted by atomic mass is 10.1. The molecule has 0 aliphatic rings. The maximum atomic E-state index is 10.9. The number of thiol groups is 1. The molecule has 2 nitrogen and oxygen atoms in total. The third-order valence-corrected chi connectivity index (χ3v) is 2.75. The smallest absolute Gasteiger partial charge is 0.152 e. The van der Waals surface area contributed by atoms with Gasteiger partial charge in [-0.25, -0.2) is 0 Å². The van der Waals surface area contributed by atoms with Crippen molar-refractivity contribution in [2.45, 2.75) is 6.42 Å². The Morgan fingerprint density at radius 1 is 1.31 bits per heavy atom. The van der Waals surface area contributed by atoms with Gasteiger partial charge in [0, 0.05) is 22.7 Å². The highest BCUT2D eigenvalue weighted by Crippen LogP contribution is 2.22. The van der Waals surface area contributed by atoms with Crippen LogP contribution in [0, 0.1) is 0 Å². The van der Waals surface area contributed by atoms with Crippen molar-refractivity contribution in [3.8, 4) is 0 Å². The van der Waals surface area contributed by atoms with Crippen LogP contribution in [-0.2, 0) is 0 Å². The van der Waals surface area contributed by atoms with Crippen LogP contribution in [0.1, 0.15) is 22.3 Å². The minimum Gasteiger partial charge on any atom is -0.360 e. The molecule has 0 saturated carbocycles. The van der Waals surface area contributed by atoms with Gasteiger partial charge in [0.25, 0.3) is 0 Å². The number of hydrogen-bond acceptors (Lipinski definition) is 2. The van der Waals surface area contributed by atoms with E-state index in [4.69, 9.17) is 0 Å². The summed E-state index contributed by atoms with van der Waals surface area (Å²) in [4.78, 5) is 14.0. The zero-order valence-corrected chi connectivity index (χ0v) is 9.71. The number of H-pyrrole nitrogens is 1. The first-order valence-corrected chi connectivity index (χ1v) is 5.82. The van der Waals surface area contributed by atoms with Crippen LogP contribution in [0.3, 0.4) is 0 Å². The zero-order valence-electron chi connectivity index (χ0n) is 8.81. The molecule has 1 heterocycles. The molecule has 0 radical (unpaired) electrons. The number of carbonyl (C=O) groups excluding carboxylic acids is 1. The van der Waals surface area contributed by atoms with Crippen LogP contribution in [0.4, 0.5) is 0 Å². The SMILES string of the molecule is O=Cc1c[nH]c2cccc(C=CCCS)c12. The Hall–Kier alpha value is -1.48. The number of aromatic nitrogens is 1. The highest BCUT2D eigenvalue weighted by atomic mass is 32.1. The standard InChI is InChI=1S/C13H13NOS/c15-9-11-8-14-12-6-3-5-10(13(11)12)4-1-2-7-16/h1,3-6,8-9,14,16H,2,7H2. The molecule has 1 N–H and O–H groups in total. The first-order valence-electron chi connectivity index (χ1n) is 5.19. The fraction of sp³-hybridized carbons (Fsp3) is 0.154. The molecule has 1 aromatic heterocycles. The van der Waals surface area contributed by atoms with E-state index in [-0.39, 0.29) is 0 Å². The second-order valence-corrected chi connectivity index (χ2v) is 3.99. The van der Waals surface area contributed by atoms with E-state index < -0.39 is 0 Å². The Morgan fingerprint density at radius 2 is 2.19 bits per heavy atom. The number of benzene rings is 1. The quantitative estimate of drug-likeness (QED) is 0.614. The van der Waals surface area contributed by atoms with Crippen LogP contribution < -0.4 is 0 Å². The molecule has 16 heavy (non-hydrogen) atoms. The molecule has 0 aliphatic heterocycles. The molecule has 0 aliphatic carbocycles. The average Bonchev–Trinajstić information content (AvgIpc) is 2.73. The van der Waals surface area contributed by atoms with Gasteiger partial charge in [-0.3, -0.25) is 4.79 Å². The molecule has 3 heteroatoms. The topological polar surface area (TPSA) is 32.9 Å². The third kappa shape index (κ3) is 2.04. The number of carbonyl (C=O) groups is 1. The Bertz CT molecular complexity index is 528. The summed E-state index contributed by atoms with van der Waals surface area (Å²) in [5, 5.41) is 0.993. The molecule has 0 bridgehead atoms. The molecule has 0 fully saturated rings. The van der Waals surface area contributed by atoms with E-state index in [0.29, 0.717) is 5.56 Å². The predicted octanol–water partition coefficient (Wildman–Crippen LogP) is 3.31. The first-order chi connectivity index (χ1) is 7.86. The molecule has 0 spiro atoms. The van der Waals surface area contributed by atoms with Crippen LogP contribution >= 0.6 is 12.6 Å². The van der Waals surface area contributed by atoms with Crippen molar-refractivity contribution in [2.75, 3.05) is 5.75 Å². The summed E-state index contributed by atoms with van der Waals surface area (Å²) in [5.74, 6) is 0.833. The monoisotopic (exact) mass is 231 g/mol. The highest BCUT2D eigenvalue weighted by molar-refractivity contribution is 7.80. The Kier molecular flexibility index (Phi) is 3.47. The van der Waals surface area contributed by atoms with Gasteiger partial charge in [-0.2, -0.15) is 12.6 Å². The second-order valence-electron chi connectivity index (χ2n) is 3.55. The minimum atomic E-state index is 0.709. The van der Waals surface area contributed by atoms with Crippen LogP contribution in [0.2, 0.25) is 0 Å². The lowest BCUT2D eigenvalue weighted by Crippen LogP contribution is -1.80. The Balaban J connectivity index is 2.51. The summed E-state index contributed by atoms with van der Waals surface area (Å²) < 4.78 is 0. The highest BCUT2D eigenvalue weighted by Gasteiger charge is 2.05. The molecule has 2 rings (SSSR count). The van der Waals surface area contributed by atoms with Crippen molar-refractivity contribution < 1.29 is 4.79 Å². The van der Waals surface area contributed by atoms with Gasteiger partial charge in [0.05, 0.1) is 0 Å². The molecular weight excluding hydrogens is 218 g/mol. The van der Waals surface area contributed by atoms with Gasteiger partial charge in [-0.05, 0) is 23.8 Å². The summed E-state index contributed by atoms with van der Waals surface area (Å²) in [6.45, 7) is 0. The van der Waals surface area contributed by atoms with Gasteiger partial charge >= 0.3 is 0 Å². The molecular formula is C13H13NOS. The molecule has 0 saturated heterocycles. The predicted molar refractivity (Wildman–Crippen MR) is 71.2 cm³/mol. The fourth-order valence-electron chi connectivity index (χ4n) is 1.76. The van der Waals surface area contributed by atoms with Crippen molar-refractivity contribution in [3.63, 3.8) is 0 Å². The molecule has 82 valence electrons. The number of rotatable bonds is 4. The Morgan fingerprint density at radius 3 is 2.94 bits per heavy atom. The van der Waals surface area contributed by atoms with Gasteiger partial charge in [0.2, 0.25) is 0 Å². The largest absolute Gasteiger partial charge is 0.360 e. The maximum absolute atomic E-state index is 10.9. The third-order valence-electron chi connectivity index (χ3n) is 2.49. The number of nitrogens with one attached hydrogen (secondary N) is 1. The molecule has 2 aromatic rings. The molecule has 0 atom stereocenters. The van der Waals surface area contributed by atoms with Crippen LogP contribution in [0.5, 0.6) is 0 Å². The van der Waals surface area contributed by atoms with Crippen LogP contribution in [-0.4, -0.2) is 17.0 Å². The summed E-state index contributed by atoms with van der Waals surface area (Å²) in [6.07, 6.45) is 7.67. The molecule has 1 aromatic carbocycles. The van der Waals surface area contributed by atoms with Crippen molar-refractivity contribution in [1.82, 2.24) is 4.98 Å². The average molecular weight is 231 g/mol. The van der Waals surface area contributed by atoms with Gasteiger partial charge in [0.1, 0.15) is 0 Å². The number of hydrogen-bond donors (Lipinski definition) is 2. The summed E-state index contributed by atoms with van der Waals surface area (Å²) >= 11 is 4.15. The van der Waals surface area contributed by atoms with E-state index in [2.05, 4.69) is 23.7 Å². The van der Waals surface area contributed by atoms with E-state index in [1.807, 2.05) is 24.3 Å². The number of aldehydes is 1. The van der Waals surface area contributed by atoms with E-state index in [1.54, 1.807) is 6.20 Å². The molecule has 0 amide bonds. The number of allylic oxidation sites excluding steroid dienone is 1. The van der Waals surface area contributed by atoms with E-state index >= 15 is 0 Å². The summed E-state index contributed by atoms with van der Waals surface area (Å²) in [5.41, 5.74) is 2.78. The summed E-state index contributed by atoms with van der Waals surface area (Å²) in [6, 6.07) is 5.96. The molecule has 0 unspecified atom stereocenters.